The molecule has 2 amide bonds. The first-order valence-electron chi connectivity index (χ1n) is 9.44. The number of nitrogens with zero attached hydrogens (tertiary/aromatic N) is 4. The molecule has 0 unspecified atom stereocenters. The number of nitrogens with one attached hydrogen (secondary N) is 2. The third-order valence-electron chi connectivity index (χ3n) is 4.56. The molecule has 2 heterocycles. The molecule has 1 aromatic rings. The fraction of sp³-hybridized carbons (Fsp3) is 0.778. The molecule has 1 aliphatic rings. The Bertz CT molecular complexity index is 737. The Hall–Kier alpha value is -2.72. The zero-order valence-corrected chi connectivity index (χ0v) is 18.0. The first-order chi connectivity index (χ1) is 13.3. The van der Waals surface area contributed by atoms with Crippen molar-refractivity contribution in [1.29, 1.82) is 0 Å². The summed E-state index contributed by atoms with van der Waals surface area (Å²) in [6, 6.07) is -1.71. The van der Waals surface area contributed by atoms with Gasteiger partial charge in [0.15, 0.2) is 5.82 Å². The lowest BCUT2D eigenvalue weighted by atomic mass is 9.85. The third-order valence-corrected chi connectivity index (χ3v) is 4.56. The number of rotatable bonds is 4. The average molecular weight is 410 g/mol. The number of methoxy groups -OCH3 is 1. The van der Waals surface area contributed by atoms with Gasteiger partial charge in [0, 0.05) is 12.5 Å². The smallest absolute Gasteiger partial charge is 0.408 e. The van der Waals surface area contributed by atoms with Crippen LogP contribution in [0.4, 0.5) is 4.79 Å². The van der Waals surface area contributed by atoms with Crippen LogP contribution in [0.1, 0.15) is 59.7 Å². The second-order valence-corrected chi connectivity index (χ2v) is 9.18. The second kappa shape index (κ2) is 8.34. The number of aromatic amines is 1. The predicted molar refractivity (Wildman–Crippen MR) is 102 cm³/mol. The van der Waals surface area contributed by atoms with Gasteiger partial charge in [-0.05, 0) is 32.6 Å². The molecule has 0 bridgehead atoms. The van der Waals surface area contributed by atoms with E-state index < -0.39 is 41.1 Å². The number of hydrogen-bond acceptors (Lipinski definition) is 8. The van der Waals surface area contributed by atoms with E-state index in [0.717, 1.165) is 0 Å². The number of tetrazole rings is 1. The number of hydrogen-bond donors (Lipinski definition) is 2. The molecule has 0 radical (unpaired) electrons. The number of ether oxygens (including phenoxy) is 2. The lowest BCUT2D eigenvalue weighted by Crippen LogP contribution is -2.57. The minimum atomic E-state index is -0.909. The summed E-state index contributed by atoms with van der Waals surface area (Å²) in [5, 5.41) is 16.5. The number of H-pyrrole nitrogens is 1. The van der Waals surface area contributed by atoms with Crippen molar-refractivity contribution in [2.75, 3.05) is 13.7 Å². The van der Waals surface area contributed by atoms with E-state index >= 15 is 0 Å². The summed E-state index contributed by atoms with van der Waals surface area (Å²) < 4.78 is 10.2. The molecule has 1 saturated heterocycles. The zero-order chi connectivity index (χ0) is 22.0. The van der Waals surface area contributed by atoms with Crippen LogP contribution in [0.25, 0.3) is 0 Å². The molecular weight excluding hydrogens is 380 g/mol. The summed E-state index contributed by atoms with van der Waals surface area (Å²) in [5.41, 5.74) is -1.33. The molecule has 0 aliphatic carbocycles. The number of amides is 2. The first kappa shape index (κ1) is 22.6. The molecule has 2 N–H and O–H groups in total. The molecule has 3 atom stereocenters. The number of alkyl carbamates (subject to hydrolysis) is 1. The second-order valence-electron chi connectivity index (χ2n) is 9.18. The Morgan fingerprint density at radius 2 is 1.86 bits per heavy atom. The maximum atomic E-state index is 13.4. The molecule has 11 nitrogen and oxygen atoms in total. The van der Waals surface area contributed by atoms with Gasteiger partial charge in [-0.3, -0.25) is 4.79 Å². The van der Waals surface area contributed by atoms with Crippen molar-refractivity contribution < 1.29 is 23.9 Å². The Morgan fingerprint density at radius 3 is 2.34 bits per heavy atom. The number of carbonyl (C=O) groups is 3. The van der Waals surface area contributed by atoms with Gasteiger partial charge in [-0.15, -0.1) is 10.2 Å². The minimum absolute atomic E-state index is 0.209. The van der Waals surface area contributed by atoms with Gasteiger partial charge in [0.25, 0.3) is 0 Å². The van der Waals surface area contributed by atoms with E-state index in [9.17, 15) is 14.4 Å². The molecule has 1 fully saturated rings. The third kappa shape index (κ3) is 5.64. The molecule has 1 aromatic heterocycles. The van der Waals surface area contributed by atoms with Crippen LogP contribution in [0, 0.1) is 5.41 Å². The molecule has 0 saturated carbocycles. The molecule has 29 heavy (non-hydrogen) atoms. The van der Waals surface area contributed by atoms with Gasteiger partial charge >= 0.3 is 12.1 Å². The van der Waals surface area contributed by atoms with Crippen LogP contribution >= 0.6 is 0 Å². The van der Waals surface area contributed by atoms with Gasteiger partial charge in [0.05, 0.1) is 7.11 Å². The Morgan fingerprint density at radius 1 is 1.21 bits per heavy atom. The van der Waals surface area contributed by atoms with Crippen molar-refractivity contribution in [3.63, 3.8) is 0 Å². The maximum absolute atomic E-state index is 13.4. The molecule has 11 heteroatoms. The highest BCUT2D eigenvalue weighted by atomic mass is 16.6. The van der Waals surface area contributed by atoms with Crippen LogP contribution in [0.3, 0.4) is 0 Å². The van der Waals surface area contributed by atoms with Gasteiger partial charge in [-0.25, -0.2) is 9.59 Å². The minimum Gasteiger partial charge on any atom is -0.467 e. The first-order valence-corrected chi connectivity index (χ1v) is 9.44. The van der Waals surface area contributed by atoms with Crippen LogP contribution < -0.4 is 5.32 Å². The number of likely N-dealkylation sites (tertiary alicyclic amines) is 1. The normalized spacial score (nSPS) is 20.9. The van der Waals surface area contributed by atoms with Gasteiger partial charge in [-0.1, -0.05) is 26.0 Å². The molecule has 0 aromatic carbocycles. The fourth-order valence-corrected chi connectivity index (χ4v) is 3.21. The van der Waals surface area contributed by atoms with Crippen LogP contribution in [0.5, 0.6) is 0 Å². The SMILES string of the molecule is COC(=O)[C@@H]1C[C@@H](c2nn[nH]n2)CN1C(=O)[C@@H](NC(=O)OC(C)(C)C)C(C)(C)C. The maximum Gasteiger partial charge on any atom is 0.408 e. The van der Waals surface area contributed by atoms with Crippen LogP contribution in [0.2, 0.25) is 0 Å². The predicted octanol–water partition coefficient (Wildman–Crippen LogP) is 0.997. The van der Waals surface area contributed by atoms with E-state index in [2.05, 4.69) is 25.9 Å². The summed E-state index contributed by atoms with van der Waals surface area (Å²) in [5.74, 6) is -0.787. The lowest BCUT2D eigenvalue weighted by Gasteiger charge is -2.35. The van der Waals surface area contributed by atoms with Crippen LogP contribution in [-0.4, -0.2) is 74.8 Å². The highest BCUT2D eigenvalue weighted by Gasteiger charge is 2.46. The van der Waals surface area contributed by atoms with E-state index in [1.165, 1.54) is 12.0 Å². The summed E-state index contributed by atoms with van der Waals surface area (Å²) >= 11 is 0. The topological polar surface area (TPSA) is 139 Å². The molecular formula is C18H30N6O5. The van der Waals surface area contributed by atoms with Crippen molar-refractivity contribution in [3.05, 3.63) is 5.82 Å². The highest BCUT2D eigenvalue weighted by molar-refractivity contribution is 5.91. The highest BCUT2D eigenvalue weighted by Crippen LogP contribution is 2.33. The molecule has 2 rings (SSSR count). The monoisotopic (exact) mass is 410 g/mol. The number of esters is 1. The van der Waals surface area contributed by atoms with Gasteiger partial charge in [0.2, 0.25) is 5.91 Å². The van der Waals surface area contributed by atoms with E-state index in [1.54, 1.807) is 20.8 Å². The lowest BCUT2D eigenvalue weighted by molar-refractivity contribution is -0.152. The van der Waals surface area contributed by atoms with Crippen LogP contribution in [-0.2, 0) is 19.1 Å². The largest absolute Gasteiger partial charge is 0.467 e. The van der Waals surface area contributed by atoms with Gasteiger partial charge in [0.1, 0.15) is 17.7 Å². The van der Waals surface area contributed by atoms with E-state index in [1.807, 2.05) is 20.8 Å². The number of aromatic nitrogens is 4. The van der Waals surface area contributed by atoms with Crippen molar-refractivity contribution in [2.24, 2.45) is 5.41 Å². The summed E-state index contributed by atoms with van der Waals surface area (Å²) in [6.07, 6.45) is -0.393. The van der Waals surface area contributed by atoms with Gasteiger partial charge in [-0.2, -0.15) is 5.21 Å². The van der Waals surface area contributed by atoms with E-state index in [-0.39, 0.29) is 12.5 Å². The van der Waals surface area contributed by atoms with Crippen LogP contribution in [0.15, 0.2) is 0 Å². The molecule has 1 aliphatic heterocycles. The molecule has 0 spiro atoms. The fourth-order valence-electron chi connectivity index (χ4n) is 3.21. The Balaban J connectivity index is 2.27. The van der Waals surface area contributed by atoms with Crippen molar-refractivity contribution in [1.82, 2.24) is 30.8 Å². The quantitative estimate of drug-likeness (QED) is 0.701. The van der Waals surface area contributed by atoms with Gasteiger partial charge < -0.3 is 19.7 Å². The summed E-state index contributed by atoms with van der Waals surface area (Å²) in [7, 11) is 1.27. The van der Waals surface area contributed by atoms with Crippen molar-refractivity contribution in [3.8, 4) is 0 Å². The van der Waals surface area contributed by atoms with Crippen molar-refractivity contribution in [2.45, 2.75) is 71.6 Å². The van der Waals surface area contributed by atoms with E-state index in [0.29, 0.717) is 12.2 Å². The Labute approximate surface area is 169 Å². The van der Waals surface area contributed by atoms with Crippen molar-refractivity contribution >= 4 is 18.0 Å². The zero-order valence-electron chi connectivity index (χ0n) is 18.0. The standard InChI is InChI=1S/C18H30N6O5/c1-17(2,3)12(19-16(27)29-18(4,5)6)14(25)24-9-10(13-20-22-23-21-13)8-11(24)15(26)28-7/h10-12H,8-9H2,1-7H3,(H,19,27)(H,20,21,22,23)/t10-,11+,12-/m1/s1. The summed E-state index contributed by atoms with van der Waals surface area (Å²) in [4.78, 5) is 39.5. The average Bonchev–Trinajstić information content (AvgIpc) is 3.24. The van der Waals surface area contributed by atoms with E-state index in [4.69, 9.17) is 9.47 Å². The molecule has 162 valence electrons. The number of carbonyl (C=O) groups excluding carboxylic acids is 3. The summed E-state index contributed by atoms with van der Waals surface area (Å²) in [6.45, 7) is 10.9. The Kier molecular flexibility index (Phi) is 6.49.